The van der Waals surface area contributed by atoms with Crippen molar-refractivity contribution >= 4 is 5.91 Å². The molecule has 5 heteroatoms. The molecule has 1 aliphatic carbocycles. The SMILES string of the molecule is NC(=O)Cc1nc(C2CC2)no1. The highest BCUT2D eigenvalue weighted by atomic mass is 16.5. The van der Waals surface area contributed by atoms with Crippen molar-refractivity contribution in [3.8, 4) is 0 Å². The van der Waals surface area contributed by atoms with Crippen LogP contribution in [0.3, 0.4) is 0 Å². The van der Waals surface area contributed by atoms with Gasteiger partial charge in [-0.25, -0.2) is 0 Å². The minimum Gasteiger partial charge on any atom is -0.369 e. The molecule has 64 valence electrons. The van der Waals surface area contributed by atoms with Crippen molar-refractivity contribution in [1.82, 2.24) is 10.1 Å². The highest BCUT2D eigenvalue weighted by molar-refractivity contribution is 5.75. The first-order valence-corrected chi connectivity index (χ1v) is 3.86. The van der Waals surface area contributed by atoms with Gasteiger partial charge in [0.15, 0.2) is 5.82 Å². The van der Waals surface area contributed by atoms with Gasteiger partial charge in [0.2, 0.25) is 11.8 Å². The molecule has 2 rings (SSSR count). The van der Waals surface area contributed by atoms with Crippen LogP contribution in [0.25, 0.3) is 0 Å². The van der Waals surface area contributed by atoms with Crippen LogP contribution in [0, 0.1) is 0 Å². The Bertz CT molecular complexity index is 303. The number of aromatic nitrogens is 2. The highest BCUT2D eigenvalue weighted by Crippen LogP contribution is 2.37. The van der Waals surface area contributed by atoms with Crippen LogP contribution >= 0.6 is 0 Å². The van der Waals surface area contributed by atoms with Crippen molar-refractivity contribution in [3.63, 3.8) is 0 Å². The molecule has 0 atom stereocenters. The summed E-state index contributed by atoms with van der Waals surface area (Å²) < 4.78 is 4.81. The van der Waals surface area contributed by atoms with E-state index in [0.29, 0.717) is 17.6 Å². The number of nitrogens with zero attached hydrogens (tertiary/aromatic N) is 2. The Morgan fingerprint density at radius 2 is 2.42 bits per heavy atom. The van der Waals surface area contributed by atoms with E-state index >= 15 is 0 Å². The van der Waals surface area contributed by atoms with Crippen molar-refractivity contribution < 1.29 is 9.32 Å². The number of nitrogens with two attached hydrogens (primary N) is 1. The molecule has 0 saturated heterocycles. The van der Waals surface area contributed by atoms with Crippen LogP contribution in [0.5, 0.6) is 0 Å². The van der Waals surface area contributed by atoms with Gasteiger partial charge in [0.25, 0.3) is 0 Å². The van der Waals surface area contributed by atoms with Crippen LogP contribution in [0.15, 0.2) is 4.52 Å². The molecule has 1 fully saturated rings. The van der Waals surface area contributed by atoms with Crippen LogP contribution < -0.4 is 5.73 Å². The van der Waals surface area contributed by atoms with Crippen molar-refractivity contribution in [2.45, 2.75) is 25.2 Å². The molecule has 1 aromatic heterocycles. The Hall–Kier alpha value is -1.39. The number of carbonyl (C=O) groups excluding carboxylic acids is 1. The number of primary amides is 1. The molecule has 0 spiro atoms. The number of hydrogen-bond acceptors (Lipinski definition) is 4. The van der Waals surface area contributed by atoms with Gasteiger partial charge in [-0.15, -0.1) is 0 Å². The third kappa shape index (κ3) is 1.44. The van der Waals surface area contributed by atoms with E-state index in [-0.39, 0.29) is 6.42 Å². The molecule has 0 unspecified atom stereocenters. The van der Waals surface area contributed by atoms with E-state index in [4.69, 9.17) is 10.3 Å². The second-order valence-corrected chi connectivity index (χ2v) is 2.96. The standard InChI is InChI=1S/C7H9N3O2/c8-5(11)3-6-9-7(10-12-6)4-1-2-4/h4H,1-3H2,(H2,8,11). The molecular formula is C7H9N3O2. The number of carbonyl (C=O) groups is 1. The summed E-state index contributed by atoms with van der Waals surface area (Å²) in [6, 6.07) is 0. The fourth-order valence-electron chi connectivity index (χ4n) is 0.996. The summed E-state index contributed by atoms with van der Waals surface area (Å²) in [7, 11) is 0. The number of amides is 1. The topological polar surface area (TPSA) is 82.0 Å². The molecule has 1 aromatic rings. The first kappa shape index (κ1) is 7.27. The van der Waals surface area contributed by atoms with E-state index in [1.807, 2.05) is 0 Å². The number of hydrogen-bond donors (Lipinski definition) is 1. The summed E-state index contributed by atoms with van der Waals surface area (Å²) in [6.07, 6.45) is 2.28. The van der Waals surface area contributed by atoms with Crippen LogP contribution in [-0.2, 0) is 11.2 Å². The van der Waals surface area contributed by atoms with E-state index in [0.717, 1.165) is 12.8 Å². The number of rotatable bonds is 3. The molecular weight excluding hydrogens is 158 g/mol. The Morgan fingerprint density at radius 3 is 3.00 bits per heavy atom. The maximum atomic E-state index is 10.5. The molecule has 0 bridgehead atoms. The molecule has 0 aliphatic heterocycles. The lowest BCUT2D eigenvalue weighted by molar-refractivity contribution is -0.117. The van der Waals surface area contributed by atoms with Crippen LogP contribution in [0.4, 0.5) is 0 Å². The van der Waals surface area contributed by atoms with E-state index in [2.05, 4.69) is 10.1 Å². The Kier molecular flexibility index (Phi) is 1.56. The monoisotopic (exact) mass is 167 g/mol. The maximum absolute atomic E-state index is 10.5. The average Bonchev–Trinajstić information content (AvgIpc) is 2.73. The van der Waals surface area contributed by atoms with Gasteiger partial charge in [-0.1, -0.05) is 5.16 Å². The first-order chi connectivity index (χ1) is 5.75. The normalized spacial score (nSPS) is 16.3. The van der Waals surface area contributed by atoms with Crippen molar-refractivity contribution in [1.29, 1.82) is 0 Å². The van der Waals surface area contributed by atoms with E-state index < -0.39 is 5.91 Å². The summed E-state index contributed by atoms with van der Waals surface area (Å²) in [6.45, 7) is 0. The van der Waals surface area contributed by atoms with Gasteiger partial charge in [0.1, 0.15) is 6.42 Å². The predicted octanol–water partition coefficient (Wildman–Crippen LogP) is -0.0252. The molecule has 1 heterocycles. The lowest BCUT2D eigenvalue weighted by Crippen LogP contribution is -2.13. The molecule has 12 heavy (non-hydrogen) atoms. The molecule has 0 aromatic carbocycles. The van der Waals surface area contributed by atoms with Gasteiger partial charge in [-0.05, 0) is 12.8 Å². The van der Waals surface area contributed by atoms with E-state index in [1.165, 1.54) is 0 Å². The minimum atomic E-state index is -0.444. The zero-order valence-electron chi connectivity index (χ0n) is 6.49. The van der Waals surface area contributed by atoms with Crippen LogP contribution in [-0.4, -0.2) is 16.0 Å². The summed E-state index contributed by atoms with van der Waals surface area (Å²) in [5, 5.41) is 3.74. The van der Waals surface area contributed by atoms with Gasteiger partial charge in [-0.3, -0.25) is 4.79 Å². The van der Waals surface area contributed by atoms with Crippen molar-refractivity contribution in [2.24, 2.45) is 5.73 Å². The average molecular weight is 167 g/mol. The Labute approximate surface area is 68.9 Å². The fourth-order valence-corrected chi connectivity index (χ4v) is 0.996. The molecule has 1 saturated carbocycles. The second kappa shape index (κ2) is 2.58. The second-order valence-electron chi connectivity index (χ2n) is 2.96. The molecule has 0 radical (unpaired) electrons. The van der Waals surface area contributed by atoms with E-state index in [9.17, 15) is 4.79 Å². The lowest BCUT2D eigenvalue weighted by atomic mass is 10.4. The molecule has 5 nitrogen and oxygen atoms in total. The largest absolute Gasteiger partial charge is 0.369 e. The van der Waals surface area contributed by atoms with Crippen LogP contribution in [0.1, 0.15) is 30.5 Å². The molecule has 2 N–H and O–H groups in total. The lowest BCUT2D eigenvalue weighted by Gasteiger charge is -1.84. The van der Waals surface area contributed by atoms with E-state index in [1.54, 1.807) is 0 Å². The first-order valence-electron chi connectivity index (χ1n) is 3.86. The quantitative estimate of drug-likeness (QED) is 0.685. The zero-order valence-corrected chi connectivity index (χ0v) is 6.49. The molecule has 1 aliphatic rings. The fraction of sp³-hybridized carbons (Fsp3) is 0.571. The predicted molar refractivity (Wildman–Crippen MR) is 39.2 cm³/mol. The van der Waals surface area contributed by atoms with Crippen molar-refractivity contribution in [3.05, 3.63) is 11.7 Å². The zero-order chi connectivity index (χ0) is 8.55. The van der Waals surface area contributed by atoms with Crippen molar-refractivity contribution in [2.75, 3.05) is 0 Å². The Morgan fingerprint density at radius 1 is 1.67 bits per heavy atom. The van der Waals surface area contributed by atoms with Crippen LogP contribution in [0.2, 0.25) is 0 Å². The van der Waals surface area contributed by atoms with Gasteiger partial charge in [0.05, 0.1) is 0 Å². The summed E-state index contributed by atoms with van der Waals surface area (Å²) in [4.78, 5) is 14.5. The summed E-state index contributed by atoms with van der Waals surface area (Å²) in [5.41, 5.74) is 4.96. The smallest absolute Gasteiger partial charge is 0.236 e. The summed E-state index contributed by atoms with van der Waals surface area (Å²) >= 11 is 0. The van der Waals surface area contributed by atoms with Gasteiger partial charge >= 0.3 is 0 Å². The van der Waals surface area contributed by atoms with Gasteiger partial charge in [-0.2, -0.15) is 4.98 Å². The third-order valence-electron chi connectivity index (χ3n) is 1.75. The molecule has 1 amide bonds. The summed E-state index contributed by atoms with van der Waals surface area (Å²) in [5.74, 6) is 1.05. The van der Waals surface area contributed by atoms with Gasteiger partial charge < -0.3 is 10.3 Å². The minimum absolute atomic E-state index is 0.0414. The van der Waals surface area contributed by atoms with Gasteiger partial charge in [0, 0.05) is 5.92 Å². The maximum Gasteiger partial charge on any atom is 0.236 e. The third-order valence-corrected chi connectivity index (χ3v) is 1.75. The highest BCUT2D eigenvalue weighted by Gasteiger charge is 2.28. The Balaban J connectivity index is 2.07.